The molecule has 84 valence electrons. The zero-order chi connectivity index (χ0) is 12.2. The summed E-state index contributed by atoms with van der Waals surface area (Å²) in [6, 6.07) is 15.8. The molecule has 0 amide bonds. The van der Waals surface area contributed by atoms with Crippen LogP contribution in [-0.2, 0) is 0 Å². The van der Waals surface area contributed by atoms with Crippen LogP contribution in [0.3, 0.4) is 0 Å². The van der Waals surface area contributed by atoms with E-state index in [-0.39, 0.29) is 0 Å². The van der Waals surface area contributed by atoms with E-state index in [0.29, 0.717) is 0 Å². The molecule has 2 heterocycles. The van der Waals surface area contributed by atoms with Gasteiger partial charge in [-0.1, -0.05) is 30.3 Å². The van der Waals surface area contributed by atoms with Crippen LogP contribution in [-0.4, -0.2) is 9.97 Å². The minimum Gasteiger partial charge on any atom is -0.248 e. The molecule has 0 radical (unpaired) electrons. The van der Waals surface area contributed by atoms with Crippen LogP contribution in [0.4, 0.5) is 0 Å². The number of benzene rings is 1. The second-order valence-electron chi connectivity index (χ2n) is 3.85. The van der Waals surface area contributed by atoms with Crippen molar-refractivity contribution in [2.24, 2.45) is 0 Å². The van der Waals surface area contributed by atoms with Gasteiger partial charge in [0.1, 0.15) is 11.4 Å². The maximum absolute atomic E-state index is 4.32. The number of hydrogen-bond donors (Lipinski definition) is 0. The highest BCUT2D eigenvalue weighted by Gasteiger charge is 1.97. The second-order valence-corrected chi connectivity index (χ2v) is 3.85. The summed E-state index contributed by atoms with van der Waals surface area (Å²) < 4.78 is 0. The topological polar surface area (TPSA) is 25.8 Å². The second kappa shape index (κ2) is 4.68. The Kier molecular flexibility index (Phi) is 2.73. The van der Waals surface area contributed by atoms with Gasteiger partial charge in [-0.2, -0.15) is 0 Å². The van der Waals surface area contributed by atoms with Crippen LogP contribution in [0.5, 0.6) is 0 Å². The van der Waals surface area contributed by atoms with Crippen molar-refractivity contribution in [2.75, 3.05) is 0 Å². The number of fused-ring (bicyclic) bond motifs is 1. The fourth-order valence-electron chi connectivity index (χ4n) is 1.78. The Bertz CT molecular complexity index is 732. The zero-order valence-corrected chi connectivity index (χ0v) is 9.67. The van der Waals surface area contributed by atoms with Crippen LogP contribution >= 0.6 is 0 Å². The van der Waals surface area contributed by atoms with Crippen molar-refractivity contribution < 1.29 is 0 Å². The van der Waals surface area contributed by atoms with Crippen LogP contribution in [0.15, 0.2) is 60.9 Å². The van der Waals surface area contributed by atoms with Crippen molar-refractivity contribution in [3.63, 3.8) is 0 Å². The van der Waals surface area contributed by atoms with E-state index in [1.165, 1.54) is 0 Å². The molecule has 2 heteroatoms. The van der Waals surface area contributed by atoms with Gasteiger partial charge in [-0.3, -0.25) is 0 Å². The SMILES string of the molecule is C(#Cc1nccc2ccccc12)c1ccccn1. The first kappa shape index (κ1) is 10.5. The van der Waals surface area contributed by atoms with Crippen molar-refractivity contribution in [1.29, 1.82) is 0 Å². The highest BCUT2D eigenvalue weighted by atomic mass is 14.7. The summed E-state index contributed by atoms with van der Waals surface area (Å²) in [5, 5.41) is 2.22. The predicted octanol–water partition coefficient (Wildman–Crippen LogP) is 3.03. The van der Waals surface area contributed by atoms with Gasteiger partial charge in [-0.05, 0) is 35.4 Å². The lowest BCUT2D eigenvalue weighted by molar-refractivity contribution is 1.28. The summed E-state index contributed by atoms with van der Waals surface area (Å²) >= 11 is 0. The van der Waals surface area contributed by atoms with E-state index in [2.05, 4.69) is 27.9 Å². The third-order valence-electron chi connectivity index (χ3n) is 2.65. The molecule has 0 spiro atoms. The van der Waals surface area contributed by atoms with Crippen molar-refractivity contribution in [3.8, 4) is 11.8 Å². The van der Waals surface area contributed by atoms with Crippen LogP contribution < -0.4 is 0 Å². The third kappa shape index (κ3) is 2.07. The third-order valence-corrected chi connectivity index (χ3v) is 2.65. The fourth-order valence-corrected chi connectivity index (χ4v) is 1.78. The molecule has 0 aliphatic rings. The molecule has 0 aliphatic carbocycles. The lowest BCUT2D eigenvalue weighted by atomic mass is 10.1. The standard InChI is InChI=1S/C16H10N2/c1-2-7-15-13(5-1)10-12-18-16(15)9-8-14-6-3-4-11-17-14/h1-7,10-12H. The first-order chi connectivity index (χ1) is 8.93. The average Bonchev–Trinajstić information content (AvgIpc) is 2.46. The monoisotopic (exact) mass is 230 g/mol. The molecule has 0 unspecified atom stereocenters. The zero-order valence-electron chi connectivity index (χ0n) is 9.67. The van der Waals surface area contributed by atoms with Gasteiger partial charge in [-0.25, -0.2) is 9.97 Å². The Morgan fingerprint density at radius 1 is 0.722 bits per heavy atom. The van der Waals surface area contributed by atoms with Crippen molar-refractivity contribution in [1.82, 2.24) is 9.97 Å². The Morgan fingerprint density at radius 2 is 1.61 bits per heavy atom. The summed E-state index contributed by atoms with van der Waals surface area (Å²) in [6.45, 7) is 0. The van der Waals surface area contributed by atoms with E-state index in [1.807, 2.05) is 42.5 Å². The summed E-state index contributed by atoms with van der Waals surface area (Å²) in [5.74, 6) is 6.11. The Morgan fingerprint density at radius 3 is 2.50 bits per heavy atom. The summed E-state index contributed by atoms with van der Waals surface area (Å²) in [7, 11) is 0. The van der Waals surface area contributed by atoms with Crippen LogP contribution in [0.2, 0.25) is 0 Å². The van der Waals surface area contributed by atoms with E-state index in [9.17, 15) is 0 Å². The number of hydrogen-bond acceptors (Lipinski definition) is 2. The van der Waals surface area contributed by atoms with Gasteiger partial charge in [0.2, 0.25) is 0 Å². The number of pyridine rings is 2. The average molecular weight is 230 g/mol. The van der Waals surface area contributed by atoms with Crippen molar-refractivity contribution in [3.05, 3.63) is 72.3 Å². The maximum atomic E-state index is 4.32. The van der Waals surface area contributed by atoms with Crippen molar-refractivity contribution >= 4 is 10.8 Å². The Labute approximate surface area is 105 Å². The fraction of sp³-hybridized carbons (Fsp3) is 0. The number of aromatic nitrogens is 2. The number of nitrogens with zero attached hydrogens (tertiary/aromatic N) is 2. The first-order valence-electron chi connectivity index (χ1n) is 5.70. The molecule has 1 aromatic carbocycles. The molecule has 3 aromatic rings. The van der Waals surface area contributed by atoms with Gasteiger partial charge in [-0.15, -0.1) is 0 Å². The van der Waals surface area contributed by atoms with Crippen LogP contribution in [0, 0.1) is 11.8 Å². The molecular weight excluding hydrogens is 220 g/mol. The normalized spacial score (nSPS) is 9.78. The van der Waals surface area contributed by atoms with E-state index >= 15 is 0 Å². The van der Waals surface area contributed by atoms with Gasteiger partial charge in [0.25, 0.3) is 0 Å². The molecule has 0 bridgehead atoms. The molecule has 2 aromatic heterocycles. The van der Waals surface area contributed by atoms with E-state index in [4.69, 9.17) is 0 Å². The Balaban J connectivity index is 2.09. The summed E-state index contributed by atoms with van der Waals surface area (Å²) in [4.78, 5) is 8.49. The summed E-state index contributed by atoms with van der Waals surface area (Å²) in [6.07, 6.45) is 3.52. The molecule has 0 N–H and O–H groups in total. The van der Waals surface area contributed by atoms with Gasteiger partial charge < -0.3 is 0 Å². The smallest absolute Gasteiger partial charge is 0.121 e. The van der Waals surface area contributed by atoms with Crippen LogP contribution in [0.1, 0.15) is 11.4 Å². The van der Waals surface area contributed by atoms with Crippen LogP contribution in [0.25, 0.3) is 10.8 Å². The van der Waals surface area contributed by atoms with Gasteiger partial charge in [0.05, 0.1) is 0 Å². The minimum absolute atomic E-state index is 0.757. The largest absolute Gasteiger partial charge is 0.248 e. The van der Waals surface area contributed by atoms with Gasteiger partial charge >= 0.3 is 0 Å². The predicted molar refractivity (Wildman–Crippen MR) is 72.0 cm³/mol. The lowest BCUT2D eigenvalue weighted by Crippen LogP contribution is -1.85. The quantitative estimate of drug-likeness (QED) is 0.555. The summed E-state index contributed by atoms with van der Waals surface area (Å²) in [5.41, 5.74) is 1.55. The maximum Gasteiger partial charge on any atom is 0.121 e. The molecule has 0 fully saturated rings. The minimum atomic E-state index is 0.757. The van der Waals surface area contributed by atoms with E-state index in [1.54, 1.807) is 12.4 Å². The first-order valence-corrected chi connectivity index (χ1v) is 5.70. The highest BCUT2D eigenvalue weighted by molar-refractivity contribution is 5.86. The molecule has 3 rings (SSSR count). The molecule has 0 atom stereocenters. The van der Waals surface area contributed by atoms with E-state index in [0.717, 1.165) is 22.2 Å². The lowest BCUT2D eigenvalue weighted by Gasteiger charge is -1.98. The van der Waals surface area contributed by atoms with Gasteiger partial charge in [0, 0.05) is 17.8 Å². The van der Waals surface area contributed by atoms with Crippen molar-refractivity contribution in [2.45, 2.75) is 0 Å². The van der Waals surface area contributed by atoms with Gasteiger partial charge in [0.15, 0.2) is 0 Å². The molecule has 0 saturated carbocycles. The molecule has 0 aliphatic heterocycles. The molecule has 18 heavy (non-hydrogen) atoms. The van der Waals surface area contributed by atoms with E-state index < -0.39 is 0 Å². The molecule has 0 saturated heterocycles. The highest BCUT2D eigenvalue weighted by Crippen LogP contribution is 2.15. The molecule has 2 nitrogen and oxygen atoms in total. The number of rotatable bonds is 0. The Hall–Kier alpha value is -2.66. The molecular formula is C16H10N2.